The van der Waals surface area contributed by atoms with Gasteiger partial charge in [0, 0.05) is 11.4 Å². The minimum atomic E-state index is -1.18. The van der Waals surface area contributed by atoms with Gasteiger partial charge in [0.25, 0.3) is 11.7 Å². The van der Waals surface area contributed by atoms with Crippen molar-refractivity contribution in [3.8, 4) is 0 Å². The number of hydrogen-bond donors (Lipinski definition) is 1. The van der Waals surface area contributed by atoms with Crippen molar-refractivity contribution >= 4 is 33.3 Å². The molecule has 4 nitrogen and oxygen atoms in total. The molecular formula is C11H8BrF2NO3. The summed E-state index contributed by atoms with van der Waals surface area (Å²) in [5.41, 5.74) is -0.190. The highest BCUT2D eigenvalue weighted by molar-refractivity contribution is 9.09. The maximum absolute atomic E-state index is 13.1. The molecule has 0 fully saturated rings. The molecule has 0 saturated heterocycles. The SMILES string of the molecule is O=C1C(=O)N(CC(O)CBr)c2cc(F)c(F)cc21. The van der Waals surface area contributed by atoms with Crippen LogP contribution in [0.15, 0.2) is 12.1 Å². The van der Waals surface area contributed by atoms with E-state index in [0.29, 0.717) is 6.07 Å². The average molecular weight is 320 g/mol. The summed E-state index contributed by atoms with van der Waals surface area (Å²) in [4.78, 5) is 24.2. The first kappa shape index (κ1) is 13.1. The maximum Gasteiger partial charge on any atom is 0.299 e. The Hall–Kier alpha value is -1.34. The quantitative estimate of drug-likeness (QED) is 0.674. The first-order valence-corrected chi connectivity index (χ1v) is 6.17. The molecule has 1 aliphatic rings. The van der Waals surface area contributed by atoms with E-state index in [1.807, 2.05) is 0 Å². The Bertz CT molecular complexity index is 535. The highest BCUT2D eigenvalue weighted by atomic mass is 79.9. The molecule has 1 aliphatic heterocycles. The van der Waals surface area contributed by atoms with Crippen molar-refractivity contribution in [2.75, 3.05) is 16.8 Å². The van der Waals surface area contributed by atoms with E-state index in [4.69, 9.17) is 0 Å². The van der Waals surface area contributed by atoms with E-state index in [1.165, 1.54) is 0 Å². The number of hydrogen-bond acceptors (Lipinski definition) is 3. The molecule has 1 N–H and O–H groups in total. The number of rotatable bonds is 3. The Morgan fingerprint density at radius 1 is 1.28 bits per heavy atom. The fourth-order valence-corrected chi connectivity index (χ4v) is 1.93. The number of carbonyl (C=O) groups excluding carboxylic acids is 2. The predicted molar refractivity (Wildman–Crippen MR) is 62.8 cm³/mol. The fourth-order valence-electron chi connectivity index (χ4n) is 1.73. The van der Waals surface area contributed by atoms with E-state index in [0.717, 1.165) is 11.0 Å². The number of aliphatic hydroxyl groups excluding tert-OH is 1. The first-order valence-electron chi connectivity index (χ1n) is 5.05. The van der Waals surface area contributed by atoms with Gasteiger partial charge in [0.1, 0.15) is 0 Å². The van der Waals surface area contributed by atoms with Crippen molar-refractivity contribution < 1.29 is 23.5 Å². The topological polar surface area (TPSA) is 57.6 Å². The Morgan fingerprint density at radius 2 is 1.89 bits per heavy atom. The van der Waals surface area contributed by atoms with Gasteiger partial charge in [-0.05, 0) is 6.07 Å². The van der Waals surface area contributed by atoms with E-state index in [9.17, 15) is 23.5 Å². The second-order valence-electron chi connectivity index (χ2n) is 3.84. The molecular weight excluding hydrogens is 312 g/mol. The normalized spacial score (nSPS) is 16.1. The molecule has 2 rings (SSSR count). The summed E-state index contributed by atoms with van der Waals surface area (Å²) >= 11 is 3.02. The van der Waals surface area contributed by atoms with Crippen LogP contribution in [-0.2, 0) is 4.79 Å². The van der Waals surface area contributed by atoms with Crippen LogP contribution < -0.4 is 4.90 Å². The lowest BCUT2D eigenvalue weighted by Crippen LogP contribution is -2.37. The first-order chi connectivity index (χ1) is 8.45. The maximum atomic E-state index is 13.1. The van der Waals surface area contributed by atoms with Crippen LogP contribution in [0, 0.1) is 11.6 Å². The van der Waals surface area contributed by atoms with Gasteiger partial charge in [-0.15, -0.1) is 0 Å². The zero-order valence-electron chi connectivity index (χ0n) is 8.99. The lowest BCUT2D eigenvalue weighted by atomic mass is 10.1. The number of fused-ring (bicyclic) bond motifs is 1. The van der Waals surface area contributed by atoms with Crippen molar-refractivity contribution in [2.24, 2.45) is 0 Å². The van der Waals surface area contributed by atoms with Crippen molar-refractivity contribution in [3.63, 3.8) is 0 Å². The van der Waals surface area contributed by atoms with Crippen molar-refractivity contribution in [2.45, 2.75) is 6.10 Å². The van der Waals surface area contributed by atoms with Crippen molar-refractivity contribution in [3.05, 3.63) is 29.3 Å². The number of β-amino-alcohol motifs (C(OH)–C–C–N with tert-alkyl or cyclic N) is 1. The third-order valence-electron chi connectivity index (χ3n) is 2.58. The third kappa shape index (κ3) is 2.04. The van der Waals surface area contributed by atoms with E-state index in [1.54, 1.807) is 0 Å². The number of benzene rings is 1. The summed E-state index contributed by atoms with van der Waals surface area (Å²) in [6.07, 6.45) is -0.902. The zero-order valence-corrected chi connectivity index (χ0v) is 10.6. The molecule has 18 heavy (non-hydrogen) atoms. The molecule has 1 heterocycles. The number of alkyl halides is 1. The predicted octanol–water partition coefficient (Wildman–Crippen LogP) is 1.25. The minimum absolute atomic E-state index is 0.0103. The lowest BCUT2D eigenvalue weighted by Gasteiger charge is -2.19. The van der Waals surface area contributed by atoms with E-state index >= 15 is 0 Å². The molecule has 1 atom stereocenters. The summed E-state index contributed by atoms with van der Waals surface area (Å²) in [7, 11) is 0. The Morgan fingerprint density at radius 3 is 2.50 bits per heavy atom. The summed E-state index contributed by atoms with van der Waals surface area (Å²) in [5, 5.41) is 9.65. The van der Waals surface area contributed by atoms with Crippen molar-refractivity contribution in [1.29, 1.82) is 0 Å². The monoisotopic (exact) mass is 319 g/mol. The minimum Gasteiger partial charge on any atom is -0.390 e. The number of carbonyl (C=O) groups is 2. The highest BCUT2D eigenvalue weighted by Crippen LogP contribution is 2.31. The van der Waals surface area contributed by atoms with Crippen LogP contribution in [-0.4, -0.2) is 34.8 Å². The molecule has 0 saturated carbocycles. The van der Waals surface area contributed by atoms with Gasteiger partial charge >= 0.3 is 0 Å². The van der Waals surface area contributed by atoms with Crippen LogP contribution in [0.1, 0.15) is 10.4 Å². The molecule has 96 valence electrons. The summed E-state index contributed by atoms with van der Waals surface area (Å²) in [6, 6.07) is 1.49. The third-order valence-corrected chi connectivity index (χ3v) is 3.33. The Balaban J connectivity index is 2.45. The number of ketones is 1. The van der Waals surface area contributed by atoms with Crippen LogP contribution in [0.4, 0.5) is 14.5 Å². The molecule has 0 aromatic heterocycles. The van der Waals surface area contributed by atoms with Gasteiger partial charge in [-0.2, -0.15) is 0 Å². The average Bonchev–Trinajstić information content (AvgIpc) is 2.56. The second-order valence-corrected chi connectivity index (χ2v) is 4.48. The molecule has 0 radical (unpaired) electrons. The van der Waals surface area contributed by atoms with Crippen LogP contribution in [0.3, 0.4) is 0 Å². The van der Waals surface area contributed by atoms with Gasteiger partial charge in [0.05, 0.1) is 23.9 Å². The van der Waals surface area contributed by atoms with Crippen LogP contribution >= 0.6 is 15.9 Å². The summed E-state index contributed by atoms with van der Waals surface area (Å²) < 4.78 is 26.1. The molecule has 7 heteroatoms. The molecule has 1 amide bonds. The number of nitrogens with zero attached hydrogens (tertiary/aromatic N) is 1. The van der Waals surface area contributed by atoms with Gasteiger partial charge in [-0.25, -0.2) is 8.78 Å². The number of Topliss-reactive ketones (excluding diaryl/α,β-unsaturated/α-hetero) is 1. The number of aliphatic hydroxyl groups is 1. The highest BCUT2D eigenvalue weighted by Gasteiger charge is 2.37. The lowest BCUT2D eigenvalue weighted by molar-refractivity contribution is -0.114. The summed E-state index contributed by atoms with van der Waals surface area (Å²) in [5.74, 6) is -4.12. The van der Waals surface area contributed by atoms with Crippen molar-refractivity contribution in [1.82, 2.24) is 0 Å². The molecule has 0 aliphatic carbocycles. The van der Waals surface area contributed by atoms with Crippen LogP contribution in [0.5, 0.6) is 0 Å². The summed E-state index contributed by atoms with van der Waals surface area (Å²) in [6.45, 7) is -0.159. The van der Waals surface area contributed by atoms with E-state index < -0.39 is 29.4 Å². The van der Waals surface area contributed by atoms with Gasteiger partial charge in [0.15, 0.2) is 11.6 Å². The molecule has 1 unspecified atom stereocenters. The molecule has 0 spiro atoms. The largest absolute Gasteiger partial charge is 0.390 e. The smallest absolute Gasteiger partial charge is 0.299 e. The van der Waals surface area contributed by atoms with Crippen LogP contribution in [0.2, 0.25) is 0 Å². The van der Waals surface area contributed by atoms with Gasteiger partial charge in [0.2, 0.25) is 0 Å². The Kier molecular flexibility index (Phi) is 3.45. The zero-order chi connectivity index (χ0) is 13.4. The van der Waals surface area contributed by atoms with Gasteiger partial charge < -0.3 is 10.0 Å². The Labute approximate surface area is 109 Å². The number of amides is 1. The standard InChI is InChI=1S/C11H8BrF2NO3/c12-3-5(16)4-15-9-2-8(14)7(13)1-6(9)10(17)11(15)18/h1-2,5,16H,3-4H2. The van der Waals surface area contributed by atoms with E-state index in [2.05, 4.69) is 15.9 Å². The van der Waals surface area contributed by atoms with Gasteiger partial charge in [-0.3, -0.25) is 9.59 Å². The second kappa shape index (κ2) is 4.74. The van der Waals surface area contributed by atoms with Crippen LogP contribution in [0.25, 0.3) is 0 Å². The molecule has 1 aromatic rings. The number of anilines is 1. The molecule has 1 aromatic carbocycles. The van der Waals surface area contributed by atoms with Gasteiger partial charge in [-0.1, -0.05) is 15.9 Å². The fraction of sp³-hybridized carbons (Fsp3) is 0.273. The van der Waals surface area contributed by atoms with E-state index in [-0.39, 0.29) is 23.1 Å². The number of halogens is 3. The molecule has 0 bridgehead atoms.